The summed E-state index contributed by atoms with van der Waals surface area (Å²) in [7, 11) is 0. The van der Waals surface area contributed by atoms with E-state index in [0.29, 0.717) is 41.0 Å². The van der Waals surface area contributed by atoms with Crippen LogP contribution in [0.2, 0.25) is 0 Å². The molecule has 3 heteroatoms. The lowest BCUT2D eigenvalue weighted by atomic mass is 9.47. The highest BCUT2D eigenvalue weighted by atomic mass is 32.2. The molecule has 0 amide bonds. The van der Waals surface area contributed by atoms with Gasteiger partial charge in [0.05, 0.1) is 0 Å². The van der Waals surface area contributed by atoms with Crippen LogP contribution in [0, 0.1) is 28.6 Å². The second kappa shape index (κ2) is 6.58. The molecule has 2 nitrogen and oxygen atoms in total. The molecular formula is C25H30O2S. The molecule has 5 rings (SSSR count). The molecule has 0 saturated heterocycles. The van der Waals surface area contributed by atoms with Crippen LogP contribution in [-0.2, 0) is 9.59 Å². The van der Waals surface area contributed by atoms with Gasteiger partial charge < -0.3 is 0 Å². The van der Waals surface area contributed by atoms with Crippen molar-refractivity contribution in [2.75, 3.05) is 0 Å². The van der Waals surface area contributed by atoms with Crippen LogP contribution < -0.4 is 0 Å². The predicted molar refractivity (Wildman–Crippen MR) is 113 cm³/mol. The Kier molecular flexibility index (Phi) is 4.39. The number of thioether (sulfide) groups is 1. The first-order valence-electron chi connectivity index (χ1n) is 10.9. The molecule has 0 N–H and O–H groups in total. The van der Waals surface area contributed by atoms with Gasteiger partial charge in [0.1, 0.15) is 5.78 Å². The Morgan fingerprint density at radius 3 is 2.46 bits per heavy atom. The molecule has 0 aliphatic heterocycles. The molecule has 148 valence electrons. The van der Waals surface area contributed by atoms with Crippen LogP contribution in [0.4, 0.5) is 0 Å². The van der Waals surface area contributed by atoms with Crippen LogP contribution in [0.3, 0.4) is 0 Å². The molecule has 6 atom stereocenters. The van der Waals surface area contributed by atoms with Gasteiger partial charge in [0.2, 0.25) is 0 Å². The van der Waals surface area contributed by atoms with E-state index in [-0.39, 0.29) is 10.8 Å². The smallest absolute Gasteiger partial charge is 0.155 e. The standard InChI is InChI=1S/C25H30O2S/c1-24-12-10-17(26)14-16(24)15-21(28-18-6-4-3-5-7-18)23-19-8-9-22(27)25(19,2)13-11-20(23)24/h3-7,14,19-21,23H,8-13,15H2,1-2H3/t19?,20?,21-,23?,24?,25?/m1/s1. The zero-order valence-electron chi connectivity index (χ0n) is 16.9. The molecule has 0 radical (unpaired) electrons. The number of rotatable bonds is 2. The zero-order valence-corrected chi connectivity index (χ0v) is 17.8. The van der Waals surface area contributed by atoms with Crippen LogP contribution in [0.25, 0.3) is 0 Å². The van der Waals surface area contributed by atoms with E-state index in [1.165, 1.54) is 10.5 Å². The largest absolute Gasteiger partial charge is 0.299 e. The number of hydrogen-bond donors (Lipinski definition) is 0. The molecule has 3 fully saturated rings. The molecule has 4 aliphatic carbocycles. The third-order valence-corrected chi connectivity index (χ3v) is 10.0. The maximum Gasteiger partial charge on any atom is 0.155 e. The SMILES string of the molecule is CC12CCC3C(C1CCC2=O)[C@H](Sc1ccccc1)CC1=CC(=O)CCC13C. The van der Waals surface area contributed by atoms with Gasteiger partial charge in [-0.15, -0.1) is 11.8 Å². The summed E-state index contributed by atoms with van der Waals surface area (Å²) in [5, 5.41) is 0.466. The van der Waals surface area contributed by atoms with Gasteiger partial charge in [-0.25, -0.2) is 0 Å². The van der Waals surface area contributed by atoms with Crippen molar-refractivity contribution in [3.63, 3.8) is 0 Å². The Morgan fingerprint density at radius 2 is 1.68 bits per heavy atom. The third kappa shape index (κ3) is 2.69. The molecule has 4 aliphatic rings. The summed E-state index contributed by atoms with van der Waals surface area (Å²) in [4.78, 5) is 26.4. The minimum atomic E-state index is -0.112. The van der Waals surface area contributed by atoms with E-state index in [9.17, 15) is 9.59 Å². The van der Waals surface area contributed by atoms with Crippen LogP contribution >= 0.6 is 11.8 Å². The van der Waals surface area contributed by atoms with Crippen molar-refractivity contribution in [1.82, 2.24) is 0 Å². The van der Waals surface area contributed by atoms with Gasteiger partial charge in [0.15, 0.2) is 5.78 Å². The summed E-state index contributed by atoms with van der Waals surface area (Å²) in [6.07, 6.45) is 8.70. The molecule has 0 bridgehead atoms. The summed E-state index contributed by atoms with van der Waals surface area (Å²) in [6.45, 7) is 4.68. The molecule has 1 aromatic rings. The first-order valence-corrected chi connectivity index (χ1v) is 11.8. The van der Waals surface area contributed by atoms with Crippen LogP contribution in [0.5, 0.6) is 0 Å². The van der Waals surface area contributed by atoms with Crippen molar-refractivity contribution in [2.24, 2.45) is 28.6 Å². The first kappa shape index (κ1) is 18.7. The molecule has 5 unspecified atom stereocenters. The van der Waals surface area contributed by atoms with E-state index in [1.54, 1.807) is 0 Å². The number of carbonyl (C=O) groups is 2. The molecule has 28 heavy (non-hydrogen) atoms. The Balaban J connectivity index is 1.57. The quantitative estimate of drug-likeness (QED) is 0.630. The van der Waals surface area contributed by atoms with Crippen LogP contribution in [-0.4, -0.2) is 16.8 Å². The van der Waals surface area contributed by atoms with Crippen molar-refractivity contribution in [2.45, 2.75) is 68.9 Å². The number of fused-ring (bicyclic) bond motifs is 5. The van der Waals surface area contributed by atoms with E-state index in [4.69, 9.17) is 0 Å². The van der Waals surface area contributed by atoms with Gasteiger partial charge in [0, 0.05) is 28.4 Å². The normalized spacial score (nSPS) is 42.4. The third-order valence-electron chi connectivity index (χ3n) is 8.70. The number of allylic oxidation sites excluding steroid dienone is 1. The molecular weight excluding hydrogens is 364 g/mol. The lowest BCUT2D eigenvalue weighted by Crippen LogP contribution is -2.54. The average molecular weight is 395 g/mol. The highest BCUT2D eigenvalue weighted by Gasteiger charge is 2.61. The highest BCUT2D eigenvalue weighted by molar-refractivity contribution is 8.00. The fourth-order valence-corrected chi connectivity index (χ4v) is 8.53. The van der Waals surface area contributed by atoms with Crippen molar-refractivity contribution >= 4 is 23.3 Å². The van der Waals surface area contributed by atoms with Gasteiger partial charge in [-0.2, -0.15) is 0 Å². The second-order valence-corrected chi connectivity index (χ2v) is 11.2. The summed E-state index contributed by atoms with van der Waals surface area (Å²) in [5.74, 6) is 2.50. The van der Waals surface area contributed by atoms with Gasteiger partial charge in [-0.1, -0.05) is 37.6 Å². The summed E-state index contributed by atoms with van der Waals surface area (Å²) >= 11 is 1.99. The molecule has 0 aromatic heterocycles. The van der Waals surface area contributed by atoms with Crippen molar-refractivity contribution in [3.8, 4) is 0 Å². The lowest BCUT2D eigenvalue weighted by Gasteiger charge is -2.59. The van der Waals surface area contributed by atoms with E-state index in [0.717, 1.165) is 38.5 Å². The first-order chi connectivity index (χ1) is 13.4. The fourth-order valence-electron chi connectivity index (χ4n) is 7.07. The predicted octanol–water partition coefficient (Wildman–Crippen LogP) is 5.86. The van der Waals surface area contributed by atoms with Crippen molar-refractivity contribution in [1.29, 1.82) is 0 Å². The summed E-state index contributed by atoms with van der Waals surface area (Å²) < 4.78 is 0. The van der Waals surface area contributed by atoms with Gasteiger partial charge in [0.25, 0.3) is 0 Å². The topological polar surface area (TPSA) is 34.1 Å². The Hall–Kier alpha value is -1.35. The molecule has 0 heterocycles. The van der Waals surface area contributed by atoms with Crippen LogP contribution in [0.15, 0.2) is 46.9 Å². The second-order valence-electron chi connectivity index (χ2n) is 9.94. The number of hydrogen-bond acceptors (Lipinski definition) is 3. The van der Waals surface area contributed by atoms with E-state index >= 15 is 0 Å². The van der Waals surface area contributed by atoms with E-state index < -0.39 is 0 Å². The Morgan fingerprint density at radius 1 is 0.929 bits per heavy atom. The van der Waals surface area contributed by atoms with Gasteiger partial charge >= 0.3 is 0 Å². The highest BCUT2D eigenvalue weighted by Crippen LogP contribution is 2.66. The number of Topliss-reactive ketones (excluding diaryl/α,β-unsaturated/α-hetero) is 1. The number of carbonyl (C=O) groups excluding carboxylic acids is 2. The van der Waals surface area contributed by atoms with E-state index in [2.05, 4.69) is 44.2 Å². The molecule has 3 saturated carbocycles. The lowest BCUT2D eigenvalue weighted by molar-refractivity contribution is -0.132. The van der Waals surface area contributed by atoms with Crippen molar-refractivity contribution in [3.05, 3.63) is 42.0 Å². The maximum atomic E-state index is 12.8. The van der Waals surface area contributed by atoms with Crippen LogP contribution in [0.1, 0.15) is 58.8 Å². The zero-order chi connectivity index (χ0) is 19.5. The maximum absolute atomic E-state index is 12.8. The summed E-state index contributed by atoms with van der Waals surface area (Å²) in [5.41, 5.74) is 1.43. The van der Waals surface area contributed by atoms with Gasteiger partial charge in [-0.3, -0.25) is 9.59 Å². The van der Waals surface area contributed by atoms with E-state index in [1.807, 2.05) is 17.8 Å². The average Bonchev–Trinajstić information content (AvgIpc) is 2.99. The van der Waals surface area contributed by atoms with Crippen molar-refractivity contribution < 1.29 is 9.59 Å². The fraction of sp³-hybridized carbons (Fsp3) is 0.600. The molecule has 1 aromatic carbocycles. The van der Waals surface area contributed by atoms with Gasteiger partial charge in [-0.05, 0) is 73.5 Å². The molecule has 0 spiro atoms. The minimum absolute atomic E-state index is 0.112. The number of ketones is 2. The Bertz CT molecular complexity index is 843. The summed E-state index contributed by atoms with van der Waals surface area (Å²) in [6, 6.07) is 10.7. The Labute approximate surface area is 172 Å². The minimum Gasteiger partial charge on any atom is -0.299 e. The monoisotopic (exact) mass is 394 g/mol. The number of benzene rings is 1.